The molecule has 0 aliphatic carbocycles. The SMILES string of the molecule is COc1ccc(C2=C3NC(C)=CC(=N[C@@H](Cc4noc(C)n4)C(F)(F)F)C3CCN=C2C)c(C)c1. The van der Waals surface area contributed by atoms with Gasteiger partial charge in [0.1, 0.15) is 5.75 Å². The van der Waals surface area contributed by atoms with Crippen LogP contribution in [-0.2, 0) is 6.42 Å². The summed E-state index contributed by atoms with van der Waals surface area (Å²) in [4.78, 5) is 12.9. The normalized spacial score (nSPS) is 20.6. The molecule has 0 bridgehead atoms. The summed E-state index contributed by atoms with van der Waals surface area (Å²) in [7, 11) is 1.61. The van der Waals surface area contributed by atoms with Gasteiger partial charge in [0.25, 0.3) is 0 Å². The third kappa shape index (κ3) is 5.31. The molecular weight excluding hydrogens is 459 g/mol. The number of rotatable bonds is 5. The van der Waals surface area contributed by atoms with Crippen LogP contribution in [0.5, 0.6) is 5.75 Å². The first-order valence-electron chi connectivity index (χ1n) is 11.4. The molecule has 0 spiro atoms. The highest BCUT2D eigenvalue weighted by atomic mass is 19.4. The number of aliphatic imine (C=N–C) groups is 2. The van der Waals surface area contributed by atoms with Gasteiger partial charge in [-0.2, -0.15) is 18.2 Å². The van der Waals surface area contributed by atoms with E-state index < -0.39 is 18.6 Å². The first kappa shape index (κ1) is 24.7. The first-order valence-corrected chi connectivity index (χ1v) is 11.4. The number of aromatic nitrogens is 2. The van der Waals surface area contributed by atoms with Crippen molar-refractivity contribution < 1.29 is 22.4 Å². The number of halogens is 3. The zero-order chi connectivity index (χ0) is 25.3. The molecule has 1 aromatic heterocycles. The Labute approximate surface area is 201 Å². The summed E-state index contributed by atoms with van der Waals surface area (Å²) in [5.74, 6) is 0.561. The van der Waals surface area contributed by atoms with Gasteiger partial charge >= 0.3 is 6.18 Å². The summed E-state index contributed by atoms with van der Waals surface area (Å²) in [6.07, 6.45) is -2.83. The molecule has 2 aliphatic rings. The molecule has 35 heavy (non-hydrogen) atoms. The minimum atomic E-state index is -4.56. The topological polar surface area (TPSA) is 84.9 Å². The van der Waals surface area contributed by atoms with Gasteiger partial charge in [0.2, 0.25) is 5.89 Å². The lowest BCUT2D eigenvalue weighted by Crippen LogP contribution is -2.36. The average Bonchev–Trinajstić information content (AvgIpc) is 3.12. The van der Waals surface area contributed by atoms with Crippen LogP contribution in [0.15, 0.2) is 50.2 Å². The molecule has 10 heteroatoms. The van der Waals surface area contributed by atoms with Gasteiger partial charge in [0, 0.05) is 54.2 Å². The van der Waals surface area contributed by atoms with Gasteiger partial charge in [0.05, 0.1) is 7.11 Å². The maximum Gasteiger partial charge on any atom is 0.411 e. The van der Waals surface area contributed by atoms with Crippen LogP contribution in [0, 0.1) is 19.8 Å². The molecule has 186 valence electrons. The van der Waals surface area contributed by atoms with E-state index in [0.717, 1.165) is 33.9 Å². The van der Waals surface area contributed by atoms with Crippen LogP contribution < -0.4 is 10.1 Å². The monoisotopic (exact) mass is 487 g/mol. The van der Waals surface area contributed by atoms with E-state index >= 15 is 0 Å². The Balaban J connectivity index is 1.82. The number of nitrogens with zero attached hydrogens (tertiary/aromatic N) is 4. The second-order valence-corrected chi connectivity index (χ2v) is 8.78. The van der Waals surface area contributed by atoms with Crippen molar-refractivity contribution in [2.75, 3.05) is 13.7 Å². The third-order valence-corrected chi connectivity index (χ3v) is 6.13. The molecule has 0 saturated carbocycles. The molecule has 2 aromatic rings. The molecule has 0 radical (unpaired) electrons. The van der Waals surface area contributed by atoms with E-state index in [1.165, 1.54) is 6.92 Å². The Kier molecular flexibility index (Phi) is 6.82. The molecule has 3 heterocycles. The van der Waals surface area contributed by atoms with Crippen LogP contribution in [0.1, 0.15) is 43.1 Å². The minimum Gasteiger partial charge on any atom is -0.497 e. The summed E-state index contributed by atoms with van der Waals surface area (Å²) in [6, 6.07) is 3.77. The first-order chi connectivity index (χ1) is 16.6. The Hall–Kier alpha value is -3.43. The number of hydrogen-bond acceptors (Lipinski definition) is 7. The molecule has 2 atom stereocenters. The quantitative estimate of drug-likeness (QED) is 0.641. The fraction of sp³-hybridized carbons (Fsp3) is 0.440. The Morgan fingerprint density at radius 1 is 1.23 bits per heavy atom. The van der Waals surface area contributed by atoms with E-state index in [1.807, 2.05) is 39.0 Å². The van der Waals surface area contributed by atoms with Crippen molar-refractivity contribution in [1.82, 2.24) is 15.5 Å². The van der Waals surface area contributed by atoms with E-state index in [4.69, 9.17) is 14.3 Å². The van der Waals surface area contributed by atoms with Gasteiger partial charge in [-0.1, -0.05) is 11.2 Å². The van der Waals surface area contributed by atoms with Gasteiger partial charge in [-0.25, -0.2) is 0 Å². The summed E-state index contributed by atoms with van der Waals surface area (Å²) >= 11 is 0. The standard InChI is InChI=1S/C25H28F3N5O2/c1-13-10-17(34-5)6-7-18(13)23-15(3)29-9-8-19-20(11-14(2)30-24(19)23)32-21(25(26,27)28)12-22-31-16(4)35-33-22/h6-7,10-11,19,21,30H,8-9,12H2,1-5H3/t19?,21-/m0/s1. The van der Waals surface area contributed by atoms with Gasteiger partial charge in [-0.05, 0) is 56.5 Å². The summed E-state index contributed by atoms with van der Waals surface area (Å²) < 4.78 is 52.3. The van der Waals surface area contributed by atoms with Crippen molar-refractivity contribution in [3.63, 3.8) is 0 Å². The second kappa shape index (κ2) is 9.67. The average molecular weight is 488 g/mol. The van der Waals surface area contributed by atoms with E-state index in [-0.39, 0.29) is 17.6 Å². The molecule has 4 rings (SSSR count). The second-order valence-electron chi connectivity index (χ2n) is 8.78. The van der Waals surface area contributed by atoms with Crippen molar-refractivity contribution in [1.29, 1.82) is 0 Å². The van der Waals surface area contributed by atoms with Crippen molar-refractivity contribution >= 4 is 17.0 Å². The predicted molar refractivity (Wildman–Crippen MR) is 128 cm³/mol. The van der Waals surface area contributed by atoms with Crippen LogP contribution in [0.3, 0.4) is 0 Å². The summed E-state index contributed by atoms with van der Waals surface area (Å²) in [6.45, 7) is 7.74. The molecule has 1 aromatic carbocycles. The van der Waals surface area contributed by atoms with E-state index in [9.17, 15) is 13.2 Å². The maximum absolute atomic E-state index is 14.0. The Morgan fingerprint density at radius 2 is 2.00 bits per heavy atom. The van der Waals surface area contributed by atoms with Gasteiger partial charge in [-0.15, -0.1) is 0 Å². The number of nitrogens with one attached hydrogen (secondary N) is 1. The molecule has 2 aliphatic heterocycles. The number of ether oxygens (including phenoxy) is 1. The van der Waals surface area contributed by atoms with E-state index in [2.05, 4.69) is 20.4 Å². The molecule has 1 unspecified atom stereocenters. The molecule has 0 fully saturated rings. The van der Waals surface area contributed by atoms with Crippen molar-refractivity contribution in [2.45, 2.75) is 52.8 Å². The number of hydrogen-bond donors (Lipinski definition) is 1. The zero-order valence-electron chi connectivity index (χ0n) is 20.3. The highest BCUT2D eigenvalue weighted by molar-refractivity contribution is 6.25. The predicted octanol–water partition coefficient (Wildman–Crippen LogP) is 5.01. The van der Waals surface area contributed by atoms with Gasteiger partial charge in [0.15, 0.2) is 11.9 Å². The number of alkyl halides is 3. The molecule has 0 amide bonds. The highest BCUT2D eigenvalue weighted by Crippen LogP contribution is 2.36. The largest absolute Gasteiger partial charge is 0.497 e. The van der Waals surface area contributed by atoms with E-state index in [1.54, 1.807) is 13.2 Å². The maximum atomic E-state index is 14.0. The van der Waals surface area contributed by atoms with Crippen molar-refractivity contribution in [2.24, 2.45) is 15.9 Å². The Bertz CT molecular complexity index is 1240. The highest BCUT2D eigenvalue weighted by Gasteiger charge is 2.42. The van der Waals surface area contributed by atoms with Crippen molar-refractivity contribution in [3.05, 3.63) is 58.5 Å². The minimum absolute atomic E-state index is 0.0193. The molecular formula is C25H28F3N5O2. The summed E-state index contributed by atoms with van der Waals surface area (Å²) in [5.41, 5.74) is 5.53. The summed E-state index contributed by atoms with van der Waals surface area (Å²) in [5, 5.41) is 7.05. The zero-order valence-corrected chi connectivity index (χ0v) is 20.3. The number of allylic oxidation sites excluding steroid dienone is 4. The molecule has 7 nitrogen and oxygen atoms in total. The third-order valence-electron chi connectivity index (χ3n) is 6.13. The van der Waals surface area contributed by atoms with Gasteiger partial charge in [-0.3, -0.25) is 9.98 Å². The molecule has 0 saturated heterocycles. The van der Waals surface area contributed by atoms with Crippen LogP contribution in [0.25, 0.3) is 5.57 Å². The fourth-order valence-electron chi connectivity index (χ4n) is 4.49. The number of benzene rings is 1. The number of fused-ring (bicyclic) bond motifs is 1. The van der Waals surface area contributed by atoms with E-state index in [0.29, 0.717) is 24.4 Å². The lowest BCUT2D eigenvalue weighted by molar-refractivity contribution is -0.146. The number of aryl methyl sites for hydroxylation is 2. The fourth-order valence-corrected chi connectivity index (χ4v) is 4.49. The number of methoxy groups -OCH3 is 1. The lowest BCUT2D eigenvalue weighted by Gasteiger charge is -2.30. The Morgan fingerprint density at radius 3 is 2.63 bits per heavy atom. The lowest BCUT2D eigenvalue weighted by atomic mass is 9.85. The van der Waals surface area contributed by atoms with Gasteiger partial charge < -0.3 is 14.6 Å². The van der Waals surface area contributed by atoms with Crippen molar-refractivity contribution in [3.8, 4) is 5.75 Å². The van der Waals surface area contributed by atoms with Crippen LogP contribution >= 0.6 is 0 Å². The van der Waals surface area contributed by atoms with Crippen LogP contribution in [0.4, 0.5) is 13.2 Å². The smallest absolute Gasteiger partial charge is 0.411 e. The molecule has 1 N–H and O–H groups in total. The van der Waals surface area contributed by atoms with Crippen LogP contribution in [0.2, 0.25) is 0 Å². The van der Waals surface area contributed by atoms with Crippen LogP contribution in [-0.4, -0.2) is 47.4 Å².